The summed E-state index contributed by atoms with van der Waals surface area (Å²) in [5.41, 5.74) is 3.78. The van der Waals surface area contributed by atoms with Gasteiger partial charge in [0.15, 0.2) is 0 Å². The fraction of sp³-hybridized carbons (Fsp3) is 0.519. The van der Waals surface area contributed by atoms with Crippen molar-refractivity contribution in [3.05, 3.63) is 65.2 Å². The Hall–Kier alpha value is -2.53. The SMILES string of the molecule is C[C@H]1[C@H]2Cc3ccc(O)cc3[C@@]1(CCNC(=O)NCc1ccccc1)CCN2CC1CC1. The van der Waals surface area contributed by atoms with Gasteiger partial charge in [-0.15, -0.1) is 0 Å². The van der Waals surface area contributed by atoms with Crippen molar-refractivity contribution in [3.8, 4) is 5.75 Å². The summed E-state index contributed by atoms with van der Waals surface area (Å²) in [5.74, 6) is 1.74. The van der Waals surface area contributed by atoms with E-state index in [1.165, 1.54) is 30.5 Å². The topological polar surface area (TPSA) is 64.6 Å². The van der Waals surface area contributed by atoms with Gasteiger partial charge in [-0.05, 0) is 79.3 Å². The largest absolute Gasteiger partial charge is 0.508 e. The molecule has 0 aromatic heterocycles. The van der Waals surface area contributed by atoms with E-state index in [9.17, 15) is 9.90 Å². The third kappa shape index (κ3) is 4.23. The fourth-order valence-electron chi connectivity index (χ4n) is 6.12. The van der Waals surface area contributed by atoms with E-state index in [-0.39, 0.29) is 11.4 Å². The summed E-state index contributed by atoms with van der Waals surface area (Å²) in [6.07, 6.45) is 5.82. The van der Waals surface area contributed by atoms with Crippen molar-refractivity contribution in [2.75, 3.05) is 19.6 Å². The Bertz CT molecular complexity index is 959. The Balaban J connectivity index is 1.27. The Kier molecular flexibility index (Phi) is 5.85. The van der Waals surface area contributed by atoms with Crippen molar-refractivity contribution in [2.45, 2.75) is 57.0 Å². The first kappa shape index (κ1) is 21.3. The molecule has 170 valence electrons. The zero-order valence-corrected chi connectivity index (χ0v) is 19.0. The van der Waals surface area contributed by atoms with Crippen LogP contribution in [0.3, 0.4) is 0 Å². The molecule has 2 aromatic rings. The van der Waals surface area contributed by atoms with E-state index < -0.39 is 0 Å². The summed E-state index contributed by atoms with van der Waals surface area (Å²) in [7, 11) is 0. The van der Waals surface area contributed by atoms with Crippen LogP contribution in [0.25, 0.3) is 0 Å². The average molecular weight is 434 g/mol. The summed E-state index contributed by atoms with van der Waals surface area (Å²) in [5, 5.41) is 16.3. The lowest BCUT2D eigenvalue weighted by atomic mass is 9.56. The van der Waals surface area contributed by atoms with Gasteiger partial charge in [-0.2, -0.15) is 0 Å². The summed E-state index contributed by atoms with van der Waals surface area (Å²) in [6, 6.07) is 16.4. The Morgan fingerprint density at radius 2 is 1.97 bits per heavy atom. The number of fused-ring (bicyclic) bond motifs is 4. The molecule has 0 spiro atoms. The van der Waals surface area contributed by atoms with Gasteiger partial charge in [0, 0.05) is 31.1 Å². The quantitative estimate of drug-likeness (QED) is 0.613. The van der Waals surface area contributed by atoms with Gasteiger partial charge in [-0.1, -0.05) is 43.3 Å². The molecule has 3 aliphatic rings. The number of benzene rings is 2. The molecule has 2 fully saturated rings. The number of urea groups is 1. The molecule has 2 aliphatic carbocycles. The number of carbonyl (C=O) groups excluding carboxylic acids is 1. The highest BCUT2D eigenvalue weighted by Crippen LogP contribution is 2.52. The van der Waals surface area contributed by atoms with E-state index in [4.69, 9.17) is 0 Å². The monoisotopic (exact) mass is 433 g/mol. The van der Waals surface area contributed by atoms with Crippen LogP contribution in [0.2, 0.25) is 0 Å². The van der Waals surface area contributed by atoms with Crippen molar-refractivity contribution < 1.29 is 9.90 Å². The molecule has 0 radical (unpaired) electrons. The van der Waals surface area contributed by atoms with Gasteiger partial charge in [0.05, 0.1) is 0 Å². The minimum Gasteiger partial charge on any atom is -0.508 e. The molecular weight excluding hydrogens is 398 g/mol. The zero-order chi connectivity index (χ0) is 22.1. The van der Waals surface area contributed by atoms with Crippen LogP contribution in [0, 0.1) is 11.8 Å². The van der Waals surface area contributed by atoms with Crippen LogP contribution in [-0.4, -0.2) is 41.7 Å². The number of hydrogen-bond donors (Lipinski definition) is 3. The van der Waals surface area contributed by atoms with E-state index >= 15 is 0 Å². The normalized spacial score (nSPS) is 26.9. The minimum atomic E-state index is -0.118. The maximum atomic E-state index is 12.4. The van der Waals surface area contributed by atoms with E-state index in [2.05, 4.69) is 28.5 Å². The summed E-state index contributed by atoms with van der Waals surface area (Å²) in [4.78, 5) is 15.2. The Labute approximate surface area is 191 Å². The number of likely N-dealkylation sites (tertiary alicyclic amines) is 1. The third-order valence-corrected chi connectivity index (χ3v) is 8.16. The summed E-state index contributed by atoms with van der Waals surface area (Å²) < 4.78 is 0. The molecule has 5 rings (SSSR count). The molecule has 1 saturated carbocycles. The summed E-state index contributed by atoms with van der Waals surface area (Å²) >= 11 is 0. The Morgan fingerprint density at radius 3 is 2.75 bits per heavy atom. The molecule has 0 unspecified atom stereocenters. The van der Waals surface area contributed by atoms with Crippen LogP contribution in [0.1, 0.15) is 49.3 Å². The van der Waals surface area contributed by atoms with E-state index in [0.717, 1.165) is 37.3 Å². The number of hydrogen-bond acceptors (Lipinski definition) is 3. The lowest BCUT2D eigenvalue weighted by Crippen LogP contribution is -2.60. The van der Waals surface area contributed by atoms with Crippen LogP contribution in [0.4, 0.5) is 4.79 Å². The van der Waals surface area contributed by atoms with Gasteiger partial charge < -0.3 is 15.7 Å². The molecule has 2 bridgehead atoms. The second kappa shape index (κ2) is 8.78. The molecule has 2 aromatic carbocycles. The van der Waals surface area contributed by atoms with Crippen molar-refractivity contribution in [3.63, 3.8) is 0 Å². The van der Waals surface area contributed by atoms with Crippen molar-refractivity contribution in [2.24, 2.45) is 11.8 Å². The van der Waals surface area contributed by atoms with Crippen LogP contribution in [0.5, 0.6) is 5.75 Å². The summed E-state index contributed by atoms with van der Waals surface area (Å²) in [6.45, 7) is 5.91. The van der Waals surface area contributed by atoms with Gasteiger partial charge in [0.1, 0.15) is 5.75 Å². The number of nitrogens with zero attached hydrogens (tertiary/aromatic N) is 1. The predicted molar refractivity (Wildman–Crippen MR) is 127 cm³/mol. The lowest BCUT2D eigenvalue weighted by Gasteiger charge is -2.56. The maximum absolute atomic E-state index is 12.4. The zero-order valence-electron chi connectivity index (χ0n) is 19.0. The van der Waals surface area contributed by atoms with Crippen LogP contribution in [0.15, 0.2) is 48.5 Å². The molecule has 1 saturated heterocycles. The highest BCUT2D eigenvalue weighted by atomic mass is 16.3. The first-order valence-corrected chi connectivity index (χ1v) is 12.2. The molecule has 1 heterocycles. The van der Waals surface area contributed by atoms with Gasteiger partial charge in [-0.3, -0.25) is 4.90 Å². The van der Waals surface area contributed by atoms with E-state index in [1.54, 1.807) is 0 Å². The molecule has 3 N–H and O–H groups in total. The molecule has 3 atom stereocenters. The first-order chi connectivity index (χ1) is 15.5. The fourth-order valence-corrected chi connectivity index (χ4v) is 6.12. The van der Waals surface area contributed by atoms with Gasteiger partial charge >= 0.3 is 6.03 Å². The highest BCUT2D eigenvalue weighted by molar-refractivity contribution is 5.73. The lowest BCUT2D eigenvalue weighted by molar-refractivity contribution is 0.0161. The number of nitrogens with one attached hydrogen (secondary N) is 2. The van der Waals surface area contributed by atoms with Gasteiger partial charge in [0.25, 0.3) is 0 Å². The standard InChI is InChI=1S/C27H35N3O2/c1-19-25-15-22-9-10-23(31)16-24(22)27(19,12-14-30(25)18-21-7-8-21)11-13-28-26(32)29-17-20-5-3-2-4-6-20/h2-6,9-10,16,19,21,25,31H,7-8,11-15,17-18H2,1H3,(H2,28,29,32)/t19-,25+,27-/m0/s1. The average Bonchev–Trinajstić information content (AvgIpc) is 3.61. The van der Waals surface area contributed by atoms with E-state index in [0.29, 0.717) is 30.8 Å². The first-order valence-electron chi connectivity index (χ1n) is 12.2. The number of carbonyl (C=O) groups is 1. The molecule has 1 aliphatic heterocycles. The molecule has 32 heavy (non-hydrogen) atoms. The van der Waals surface area contributed by atoms with Crippen molar-refractivity contribution in [1.82, 2.24) is 15.5 Å². The van der Waals surface area contributed by atoms with Gasteiger partial charge in [-0.25, -0.2) is 4.79 Å². The number of aromatic hydroxyl groups is 1. The number of phenolic OH excluding ortho intramolecular Hbond substituents is 1. The Morgan fingerprint density at radius 1 is 1.16 bits per heavy atom. The minimum absolute atomic E-state index is 0.00372. The molecular formula is C27H35N3O2. The second-order valence-electron chi connectivity index (χ2n) is 10.1. The predicted octanol–water partition coefficient (Wildman–Crippen LogP) is 4.20. The van der Waals surface area contributed by atoms with Crippen LogP contribution >= 0.6 is 0 Å². The number of amides is 2. The smallest absolute Gasteiger partial charge is 0.315 e. The number of piperidine rings is 1. The molecule has 2 amide bonds. The third-order valence-electron chi connectivity index (χ3n) is 8.16. The second-order valence-corrected chi connectivity index (χ2v) is 10.1. The molecule has 5 nitrogen and oxygen atoms in total. The van der Waals surface area contributed by atoms with Gasteiger partial charge in [0.2, 0.25) is 0 Å². The van der Waals surface area contributed by atoms with Crippen LogP contribution in [-0.2, 0) is 18.4 Å². The van der Waals surface area contributed by atoms with Crippen LogP contribution < -0.4 is 10.6 Å². The van der Waals surface area contributed by atoms with E-state index in [1.807, 2.05) is 42.5 Å². The number of phenols is 1. The molecule has 5 heteroatoms. The van der Waals surface area contributed by atoms with Crippen molar-refractivity contribution >= 4 is 6.03 Å². The maximum Gasteiger partial charge on any atom is 0.315 e. The van der Waals surface area contributed by atoms with Crippen molar-refractivity contribution in [1.29, 1.82) is 0 Å². The number of rotatable bonds is 7. The highest BCUT2D eigenvalue weighted by Gasteiger charge is 2.51.